The van der Waals surface area contributed by atoms with Crippen LogP contribution in [0.5, 0.6) is 0 Å². The standard InChI is InChI=1S/C15H23N/c1-11-10-12(2)14(4)15(13(11)3)8-6-7-9-16-5/h6,8,10,16H,7,9H2,1-5H3. The summed E-state index contributed by atoms with van der Waals surface area (Å²) in [6, 6.07) is 2.27. The molecule has 0 bridgehead atoms. The Morgan fingerprint density at radius 2 is 1.62 bits per heavy atom. The second-order valence-electron chi connectivity index (χ2n) is 4.47. The van der Waals surface area contributed by atoms with E-state index in [4.69, 9.17) is 0 Å². The van der Waals surface area contributed by atoms with Crippen LogP contribution in [0.15, 0.2) is 12.1 Å². The summed E-state index contributed by atoms with van der Waals surface area (Å²) >= 11 is 0. The summed E-state index contributed by atoms with van der Waals surface area (Å²) in [6.07, 6.45) is 5.61. The van der Waals surface area contributed by atoms with Crippen LogP contribution in [-0.2, 0) is 0 Å². The molecule has 0 radical (unpaired) electrons. The Morgan fingerprint density at radius 1 is 1.06 bits per heavy atom. The van der Waals surface area contributed by atoms with Crippen LogP contribution in [0.3, 0.4) is 0 Å². The van der Waals surface area contributed by atoms with Gasteiger partial charge >= 0.3 is 0 Å². The van der Waals surface area contributed by atoms with Crippen molar-refractivity contribution in [1.82, 2.24) is 5.32 Å². The summed E-state index contributed by atoms with van der Waals surface area (Å²) in [4.78, 5) is 0. The maximum Gasteiger partial charge on any atom is -0.00172 e. The van der Waals surface area contributed by atoms with Gasteiger partial charge in [0.15, 0.2) is 0 Å². The molecule has 0 aliphatic heterocycles. The van der Waals surface area contributed by atoms with Gasteiger partial charge in [-0.2, -0.15) is 0 Å². The molecule has 16 heavy (non-hydrogen) atoms. The fourth-order valence-electron chi connectivity index (χ4n) is 1.93. The first-order chi connectivity index (χ1) is 7.57. The van der Waals surface area contributed by atoms with Gasteiger partial charge in [0.05, 0.1) is 0 Å². The van der Waals surface area contributed by atoms with Gasteiger partial charge in [-0.05, 0) is 75.5 Å². The summed E-state index contributed by atoms with van der Waals surface area (Å²) in [5.74, 6) is 0. The number of rotatable bonds is 4. The van der Waals surface area contributed by atoms with E-state index in [1.807, 2.05) is 7.05 Å². The SMILES string of the molecule is CNCCC=Cc1c(C)c(C)cc(C)c1C. The van der Waals surface area contributed by atoms with Gasteiger partial charge in [-0.15, -0.1) is 0 Å². The molecular formula is C15H23N. The molecule has 0 aromatic heterocycles. The summed E-state index contributed by atoms with van der Waals surface area (Å²) in [5, 5.41) is 3.15. The predicted molar refractivity (Wildman–Crippen MR) is 73.0 cm³/mol. The van der Waals surface area contributed by atoms with Crippen LogP contribution in [0, 0.1) is 27.7 Å². The molecule has 88 valence electrons. The maximum atomic E-state index is 3.15. The Kier molecular flexibility index (Phi) is 4.75. The molecule has 0 amide bonds. The topological polar surface area (TPSA) is 12.0 Å². The molecule has 0 aliphatic rings. The van der Waals surface area contributed by atoms with Gasteiger partial charge < -0.3 is 5.32 Å². The molecule has 1 nitrogen and oxygen atoms in total. The monoisotopic (exact) mass is 217 g/mol. The van der Waals surface area contributed by atoms with Crippen LogP contribution < -0.4 is 5.32 Å². The van der Waals surface area contributed by atoms with Gasteiger partial charge in [-0.1, -0.05) is 18.2 Å². The lowest BCUT2D eigenvalue weighted by Gasteiger charge is -2.12. The smallest absolute Gasteiger partial charge is 0.00172 e. The third-order valence-electron chi connectivity index (χ3n) is 3.27. The van der Waals surface area contributed by atoms with E-state index < -0.39 is 0 Å². The van der Waals surface area contributed by atoms with Gasteiger partial charge in [-0.3, -0.25) is 0 Å². The third-order valence-corrected chi connectivity index (χ3v) is 3.27. The lowest BCUT2D eigenvalue weighted by molar-refractivity contribution is 0.809. The van der Waals surface area contributed by atoms with Crippen molar-refractivity contribution in [2.24, 2.45) is 0 Å². The zero-order chi connectivity index (χ0) is 12.1. The van der Waals surface area contributed by atoms with E-state index in [1.165, 1.54) is 27.8 Å². The van der Waals surface area contributed by atoms with Crippen molar-refractivity contribution < 1.29 is 0 Å². The molecule has 0 aliphatic carbocycles. The van der Waals surface area contributed by atoms with Gasteiger partial charge in [0, 0.05) is 0 Å². The van der Waals surface area contributed by atoms with Crippen LogP contribution in [0.4, 0.5) is 0 Å². The zero-order valence-electron chi connectivity index (χ0n) is 11.1. The summed E-state index contributed by atoms with van der Waals surface area (Å²) < 4.78 is 0. The molecule has 1 aromatic rings. The van der Waals surface area contributed by atoms with Crippen molar-refractivity contribution in [3.8, 4) is 0 Å². The first-order valence-corrected chi connectivity index (χ1v) is 5.96. The van der Waals surface area contributed by atoms with Gasteiger partial charge in [0.1, 0.15) is 0 Å². The Bertz CT molecular complexity index is 363. The molecule has 1 aromatic carbocycles. The van der Waals surface area contributed by atoms with Crippen molar-refractivity contribution >= 4 is 6.08 Å². The number of aryl methyl sites for hydroxylation is 2. The summed E-state index contributed by atoms with van der Waals surface area (Å²) in [5.41, 5.74) is 6.98. The normalized spacial score (nSPS) is 11.3. The van der Waals surface area contributed by atoms with Crippen LogP contribution in [0.1, 0.15) is 34.2 Å². The minimum Gasteiger partial charge on any atom is -0.319 e. The van der Waals surface area contributed by atoms with E-state index in [1.54, 1.807) is 0 Å². The van der Waals surface area contributed by atoms with Crippen molar-refractivity contribution in [3.63, 3.8) is 0 Å². The quantitative estimate of drug-likeness (QED) is 0.761. The van der Waals surface area contributed by atoms with Crippen molar-refractivity contribution in [3.05, 3.63) is 40.0 Å². The molecule has 0 spiro atoms. The molecule has 1 heteroatoms. The van der Waals surface area contributed by atoms with E-state index in [-0.39, 0.29) is 0 Å². The van der Waals surface area contributed by atoms with Gasteiger partial charge in [0.25, 0.3) is 0 Å². The molecule has 1 N–H and O–H groups in total. The average Bonchev–Trinajstić information content (AvgIpc) is 2.25. The van der Waals surface area contributed by atoms with Crippen LogP contribution in [0.2, 0.25) is 0 Å². The number of nitrogens with one attached hydrogen (secondary N) is 1. The van der Waals surface area contributed by atoms with Gasteiger partial charge in [-0.25, -0.2) is 0 Å². The van der Waals surface area contributed by atoms with E-state index in [2.05, 4.69) is 51.2 Å². The van der Waals surface area contributed by atoms with Crippen LogP contribution in [-0.4, -0.2) is 13.6 Å². The summed E-state index contributed by atoms with van der Waals surface area (Å²) in [6.45, 7) is 9.83. The molecular weight excluding hydrogens is 194 g/mol. The summed E-state index contributed by atoms with van der Waals surface area (Å²) in [7, 11) is 1.99. The Balaban J connectivity index is 2.98. The molecule has 0 heterocycles. The van der Waals surface area contributed by atoms with E-state index in [0.29, 0.717) is 0 Å². The second-order valence-corrected chi connectivity index (χ2v) is 4.47. The highest BCUT2D eigenvalue weighted by Crippen LogP contribution is 2.22. The highest BCUT2D eigenvalue weighted by molar-refractivity contribution is 5.61. The Morgan fingerprint density at radius 3 is 2.12 bits per heavy atom. The minimum absolute atomic E-state index is 1.04. The molecule has 0 saturated carbocycles. The fraction of sp³-hybridized carbons (Fsp3) is 0.467. The van der Waals surface area contributed by atoms with E-state index in [9.17, 15) is 0 Å². The third kappa shape index (κ3) is 2.96. The Labute approximate surface area is 99.6 Å². The van der Waals surface area contributed by atoms with Crippen molar-refractivity contribution in [1.29, 1.82) is 0 Å². The molecule has 0 fully saturated rings. The van der Waals surface area contributed by atoms with Crippen molar-refractivity contribution in [2.45, 2.75) is 34.1 Å². The van der Waals surface area contributed by atoms with Crippen LogP contribution in [0.25, 0.3) is 6.08 Å². The first-order valence-electron chi connectivity index (χ1n) is 5.96. The van der Waals surface area contributed by atoms with Crippen molar-refractivity contribution in [2.75, 3.05) is 13.6 Å². The number of hydrogen-bond acceptors (Lipinski definition) is 1. The molecule has 0 saturated heterocycles. The minimum atomic E-state index is 1.04. The Hall–Kier alpha value is -1.08. The lowest BCUT2D eigenvalue weighted by atomic mass is 9.94. The van der Waals surface area contributed by atoms with E-state index in [0.717, 1.165) is 13.0 Å². The lowest BCUT2D eigenvalue weighted by Crippen LogP contribution is -2.05. The largest absolute Gasteiger partial charge is 0.319 e. The molecule has 0 unspecified atom stereocenters. The second kappa shape index (κ2) is 5.86. The average molecular weight is 217 g/mol. The maximum absolute atomic E-state index is 3.15. The highest BCUT2D eigenvalue weighted by atomic mass is 14.8. The fourth-order valence-corrected chi connectivity index (χ4v) is 1.93. The molecule has 0 atom stereocenters. The molecule has 1 rings (SSSR count). The van der Waals surface area contributed by atoms with E-state index >= 15 is 0 Å². The number of hydrogen-bond donors (Lipinski definition) is 1. The highest BCUT2D eigenvalue weighted by Gasteiger charge is 2.04. The predicted octanol–water partition coefficient (Wildman–Crippen LogP) is 3.54. The van der Waals surface area contributed by atoms with Crippen LogP contribution >= 0.6 is 0 Å². The number of benzene rings is 1. The van der Waals surface area contributed by atoms with Gasteiger partial charge in [0.2, 0.25) is 0 Å². The zero-order valence-corrected chi connectivity index (χ0v) is 11.1. The first kappa shape index (κ1) is 13.0.